The van der Waals surface area contributed by atoms with Gasteiger partial charge in [0.05, 0.1) is 0 Å². The summed E-state index contributed by atoms with van der Waals surface area (Å²) in [6.45, 7) is 0.752. The predicted octanol–water partition coefficient (Wildman–Crippen LogP) is 2.38. The lowest BCUT2D eigenvalue weighted by molar-refractivity contribution is 0.108. The van der Waals surface area contributed by atoms with Crippen molar-refractivity contribution < 1.29 is 17.6 Å². The Hall–Kier alpha value is -0.980. The number of carbonyl (C=O) groups excluding carboxylic acids is 1. The van der Waals surface area contributed by atoms with Gasteiger partial charge in [-0.05, 0) is 42.6 Å². The van der Waals surface area contributed by atoms with Crippen molar-refractivity contribution in [3.63, 3.8) is 0 Å². The zero-order valence-corrected chi connectivity index (χ0v) is 11.7. The predicted molar refractivity (Wildman–Crippen MR) is 69.2 cm³/mol. The molecule has 0 aromatic heterocycles. The lowest BCUT2D eigenvalue weighted by Gasteiger charge is -2.26. The van der Waals surface area contributed by atoms with Crippen LogP contribution in [0.3, 0.4) is 0 Å². The summed E-state index contributed by atoms with van der Waals surface area (Å²) in [5, 5.41) is -0.810. The van der Waals surface area contributed by atoms with E-state index in [0.29, 0.717) is 13.1 Å². The fourth-order valence-electron chi connectivity index (χ4n) is 2.07. The molecule has 1 aliphatic heterocycles. The average Bonchev–Trinajstić information content (AvgIpc) is 2.39. The molecule has 0 saturated carbocycles. The highest BCUT2D eigenvalue weighted by molar-refractivity contribution is 7.89. The molecule has 0 amide bonds. The van der Waals surface area contributed by atoms with Crippen molar-refractivity contribution in [1.82, 2.24) is 4.31 Å². The van der Waals surface area contributed by atoms with Crippen molar-refractivity contribution in [1.29, 1.82) is 0 Å². The van der Waals surface area contributed by atoms with Gasteiger partial charge in [-0.3, -0.25) is 4.79 Å². The number of nitrogens with zero attached hydrogens (tertiary/aromatic N) is 1. The van der Waals surface area contributed by atoms with Crippen LogP contribution in [-0.4, -0.2) is 31.1 Å². The van der Waals surface area contributed by atoms with E-state index in [-0.39, 0.29) is 5.56 Å². The molecule has 0 N–H and O–H groups in total. The van der Waals surface area contributed by atoms with E-state index in [1.165, 1.54) is 10.4 Å². The number of sulfonamides is 1. The molecule has 0 bridgehead atoms. The molecule has 1 aromatic rings. The SMILES string of the molecule is O=C(Cl)c1ccc(F)c(S(=O)(=O)N2CCCCC2)c1. The van der Waals surface area contributed by atoms with E-state index in [2.05, 4.69) is 0 Å². The molecule has 4 nitrogen and oxygen atoms in total. The van der Waals surface area contributed by atoms with E-state index < -0.39 is 26.0 Å². The van der Waals surface area contributed by atoms with Crippen molar-refractivity contribution in [2.24, 2.45) is 0 Å². The van der Waals surface area contributed by atoms with Crippen LogP contribution < -0.4 is 0 Å². The highest BCUT2D eigenvalue weighted by Crippen LogP contribution is 2.24. The molecule has 1 aromatic carbocycles. The number of carbonyl (C=O) groups is 1. The Morgan fingerprint density at radius 1 is 1.21 bits per heavy atom. The van der Waals surface area contributed by atoms with Crippen LogP contribution in [0.5, 0.6) is 0 Å². The molecule has 1 heterocycles. The Labute approximate surface area is 116 Å². The largest absolute Gasteiger partial charge is 0.276 e. The Kier molecular flexibility index (Phi) is 4.23. The van der Waals surface area contributed by atoms with Gasteiger partial charge in [0.25, 0.3) is 5.24 Å². The highest BCUT2D eigenvalue weighted by Gasteiger charge is 2.29. The highest BCUT2D eigenvalue weighted by atomic mass is 35.5. The molecular formula is C12H13ClFNO3S. The van der Waals surface area contributed by atoms with Crippen LogP contribution in [0.1, 0.15) is 29.6 Å². The first-order chi connectivity index (χ1) is 8.93. The summed E-state index contributed by atoms with van der Waals surface area (Å²) >= 11 is 5.29. The molecule has 1 saturated heterocycles. The first kappa shape index (κ1) is 14.4. The van der Waals surface area contributed by atoms with Crippen molar-refractivity contribution >= 4 is 26.9 Å². The second kappa shape index (κ2) is 5.56. The second-order valence-corrected chi connectivity index (χ2v) is 6.63. The van der Waals surface area contributed by atoms with Gasteiger partial charge in [-0.15, -0.1) is 0 Å². The van der Waals surface area contributed by atoms with Crippen LogP contribution in [0, 0.1) is 5.82 Å². The quantitative estimate of drug-likeness (QED) is 0.806. The zero-order chi connectivity index (χ0) is 14.0. The van der Waals surface area contributed by atoms with Gasteiger partial charge in [0.15, 0.2) is 0 Å². The van der Waals surface area contributed by atoms with E-state index in [9.17, 15) is 17.6 Å². The van der Waals surface area contributed by atoms with Gasteiger partial charge in [-0.2, -0.15) is 4.31 Å². The molecule has 7 heteroatoms. The Bertz CT molecular complexity index is 597. The summed E-state index contributed by atoms with van der Waals surface area (Å²) in [7, 11) is -3.90. The normalized spacial score (nSPS) is 17.4. The monoisotopic (exact) mass is 305 g/mol. The summed E-state index contributed by atoms with van der Waals surface area (Å²) in [6.07, 6.45) is 2.48. The molecule has 0 spiro atoms. The van der Waals surface area contributed by atoms with Crippen LogP contribution in [0.2, 0.25) is 0 Å². The van der Waals surface area contributed by atoms with Crippen LogP contribution in [0.4, 0.5) is 4.39 Å². The van der Waals surface area contributed by atoms with E-state index in [1.54, 1.807) is 0 Å². The Morgan fingerprint density at radius 2 is 1.84 bits per heavy atom. The van der Waals surface area contributed by atoms with Crippen LogP contribution >= 0.6 is 11.6 Å². The van der Waals surface area contributed by atoms with Crippen LogP contribution in [0.15, 0.2) is 23.1 Å². The standard InChI is InChI=1S/C12H13ClFNO3S/c13-12(16)9-4-5-10(14)11(8-9)19(17,18)15-6-2-1-3-7-15/h4-5,8H,1-3,6-7H2. The minimum atomic E-state index is -3.90. The lowest BCUT2D eigenvalue weighted by Crippen LogP contribution is -2.36. The Balaban J connectivity index is 2.44. The number of rotatable bonds is 3. The third kappa shape index (κ3) is 2.96. The molecule has 0 atom stereocenters. The fraction of sp³-hybridized carbons (Fsp3) is 0.417. The molecule has 19 heavy (non-hydrogen) atoms. The van der Waals surface area contributed by atoms with Crippen LogP contribution in [-0.2, 0) is 10.0 Å². The molecule has 0 aliphatic carbocycles. The van der Waals surface area contributed by atoms with Gasteiger partial charge >= 0.3 is 0 Å². The molecule has 0 radical (unpaired) electrons. The Morgan fingerprint density at radius 3 is 2.42 bits per heavy atom. The van der Waals surface area contributed by atoms with Crippen molar-refractivity contribution in [3.8, 4) is 0 Å². The molecular weight excluding hydrogens is 293 g/mol. The van der Waals surface area contributed by atoms with E-state index in [0.717, 1.165) is 31.4 Å². The number of hydrogen-bond acceptors (Lipinski definition) is 3. The minimum absolute atomic E-state index is 0.0290. The number of piperidine rings is 1. The summed E-state index contributed by atoms with van der Waals surface area (Å²) < 4.78 is 39.6. The minimum Gasteiger partial charge on any atom is -0.276 e. The molecule has 0 unspecified atom stereocenters. The first-order valence-corrected chi connectivity index (χ1v) is 7.74. The van der Waals surface area contributed by atoms with Gasteiger partial charge in [0.2, 0.25) is 10.0 Å². The summed E-state index contributed by atoms with van der Waals surface area (Å²) in [5.74, 6) is -0.868. The maximum atomic E-state index is 13.7. The fourth-order valence-corrected chi connectivity index (χ4v) is 3.79. The summed E-state index contributed by atoms with van der Waals surface area (Å²) in [5.41, 5.74) is -0.0290. The second-order valence-electron chi connectivity index (χ2n) is 4.38. The zero-order valence-electron chi connectivity index (χ0n) is 10.1. The lowest BCUT2D eigenvalue weighted by atomic mass is 10.2. The maximum absolute atomic E-state index is 13.7. The third-order valence-corrected chi connectivity index (χ3v) is 5.22. The van der Waals surface area contributed by atoms with Gasteiger partial charge in [-0.1, -0.05) is 6.42 Å². The van der Waals surface area contributed by atoms with Crippen molar-refractivity contribution in [2.45, 2.75) is 24.2 Å². The number of halogens is 2. The number of hydrogen-bond donors (Lipinski definition) is 0. The molecule has 1 fully saturated rings. The smallest absolute Gasteiger partial charge is 0.252 e. The van der Waals surface area contributed by atoms with E-state index >= 15 is 0 Å². The average molecular weight is 306 g/mol. The van der Waals surface area contributed by atoms with E-state index in [1.807, 2.05) is 0 Å². The summed E-state index contributed by atoms with van der Waals surface area (Å²) in [4.78, 5) is 10.6. The first-order valence-electron chi connectivity index (χ1n) is 5.92. The third-order valence-electron chi connectivity index (χ3n) is 3.09. The van der Waals surface area contributed by atoms with Gasteiger partial charge in [0, 0.05) is 18.7 Å². The van der Waals surface area contributed by atoms with Gasteiger partial charge < -0.3 is 0 Å². The topological polar surface area (TPSA) is 54.5 Å². The van der Waals surface area contributed by atoms with Crippen molar-refractivity contribution in [3.05, 3.63) is 29.6 Å². The van der Waals surface area contributed by atoms with Gasteiger partial charge in [-0.25, -0.2) is 12.8 Å². The number of benzene rings is 1. The summed E-state index contributed by atoms with van der Waals surface area (Å²) in [6, 6.07) is 3.11. The molecule has 1 aliphatic rings. The molecule has 2 rings (SSSR count). The van der Waals surface area contributed by atoms with Crippen LogP contribution in [0.25, 0.3) is 0 Å². The van der Waals surface area contributed by atoms with Crippen molar-refractivity contribution in [2.75, 3.05) is 13.1 Å². The maximum Gasteiger partial charge on any atom is 0.252 e. The van der Waals surface area contributed by atoms with Gasteiger partial charge in [0.1, 0.15) is 10.7 Å². The van der Waals surface area contributed by atoms with E-state index in [4.69, 9.17) is 11.6 Å². The molecule has 104 valence electrons.